The van der Waals surface area contributed by atoms with Gasteiger partial charge < -0.3 is 0 Å². The van der Waals surface area contributed by atoms with Gasteiger partial charge in [-0.25, -0.2) is 9.50 Å². The van der Waals surface area contributed by atoms with Crippen LogP contribution in [0.2, 0.25) is 0 Å². The molecule has 0 saturated carbocycles. The maximum Gasteiger partial charge on any atom is 0.155 e. The van der Waals surface area contributed by atoms with Crippen LogP contribution in [-0.2, 0) is 6.42 Å². The van der Waals surface area contributed by atoms with E-state index >= 15 is 0 Å². The quantitative estimate of drug-likeness (QED) is 0.725. The highest BCUT2D eigenvalue weighted by Crippen LogP contribution is 2.22. The minimum atomic E-state index is 0.526. The molecule has 0 bridgehead atoms. The third-order valence-corrected chi connectivity index (χ3v) is 3.76. The summed E-state index contributed by atoms with van der Waals surface area (Å²) in [4.78, 5) is 4.58. The highest BCUT2D eigenvalue weighted by atomic mass is 15.3. The van der Waals surface area contributed by atoms with E-state index in [2.05, 4.69) is 44.8 Å². The number of rotatable bonds is 6. The summed E-state index contributed by atoms with van der Waals surface area (Å²) in [6.45, 7) is 8.74. The molecule has 0 aromatic carbocycles. The summed E-state index contributed by atoms with van der Waals surface area (Å²) < 4.78 is 2.01. The molecular weight excluding hydrogens is 234 g/mol. The second-order valence-electron chi connectivity index (χ2n) is 5.48. The van der Waals surface area contributed by atoms with Crippen molar-refractivity contribution in [3.63, 3.8) is 0 Å². The highest BCUT2D eigenvalue weighted by molar-refractivity contribution is 5.42. The first kappa shape index (κ1) is 14.0. The molecule has 2 aromatic heterocycles. The van der Waals surface area contributed by atoms with E-state index in [4.69, 9.17) is 5.10 Å². The van der Waals surface area contributed by atoms with Gasteiger partial charge >= 0.3 is 0 Å². The predicted molar refractivity (Wildman–Crippen MR) is 79.7 cm³/mol. The highest BCUT2D eigenvalue weighted by Gasteiger charge is 2.12. The summed E-state index contributed by atoms with van der Waals surface area (Å²) in [6, 6.07) is 4.29. The van der Waals surface area contributed by atoms with E-state index < -0.39 is 0 Å². The molecule has 3 nitrogen and oxygen atoms in total. The second-order valence-corrected chi connectivity index (χ2v) is 5.48. The zero-order valence-electron chi connectivity index (χ0n) is 12.6. The number of unbranched alkanes of at least 4 members (excludes halogenated alkanes) is 2. The van der Waals surface area contributed by atoms with Gasteiger partial charge in [0.15, 0.2) is 5.65 Å². The van der Waals surface area contributed by atoms with Crippen LogP contribution in [0, 0.1) is 6.92 Å². The van der Waals surface area contributed by atoms with Crippen LogP contribution in [0.3, 0.4) is 0 Å². The van der Waals surface area contributed by atoms with Crippen LogP contribution >= 0.6 is 0 Å². The average Bonchev–Trinajstić information content (AvgIpc) is 2.81. The Morgan fingerprint density at radius 1 is 1.21 bits per heavy atom. The Balaban J connectivity index is 2.25. The van der Waals surface area contributed by atoms with Gasteiger partial charge in [-0.05, 0) is 25.8 Å². The molecule has 2 heterocycles. The molecule has 0 aliphatic heterocycles. The predicted octanol–water partition coefficient (Wildman–Crippen LogP) is 4.28. The molecule has 1 atom stereocenters. The van der Waals surface area contributed by atoms with Crippen molar-refractivity contribution in [1.82, 2.24) is 14.6 Å². The molecule has 0 aliphatic rings. The minimum absolute atomic E-state index is 0.526. The summed E-state index contributed by atoms with van der Waals surface area (Å²) in [5.41, 5.74) is 4.50. The number of aryl methyl sites for hydroxylation is 2. The lowest BCUT2D eigenvalue weighted by molar-refractivity contribution is 0.583. The van der Waals surface area contributed by atoms with Crippen molar-refractivity contribution in [1.29, 1.82) is 0 Å². The van der Waals surface area contributed by atoms with Crippen molar-refractivity contribution in [2.45, 2.75) is 65.7 Å². The molecule has 0 radical (unpaired) electrons. The molecule has 19 heavy (non-hydrogen) atoms. The first-order valence-electron chi connectivity index (χ1n) is 7.51. The van der Waals surface area contributed by atoms with Gasteiger partial charge in [-0.3, -0.25) is 0 Å². The van der Waals surface area contributed by atoms with Crippen LogP contribution in [0.15, 0.2) is 12.1 Å². The topological polar surface area (TPSA) is 30.2 Å². The molecule has 2 rings (SSSR count). The van der Waals surface area contributed by atoms with Crippen molar-refractivity contribution in [2.75, 3.05) is 0 Å². The van der Waals surface area contributed by atoms with E-state index in [0.717, 1.165) is 17.8 Å². The summed E-state index contributed by atoms with van der Waals surface area (Å²) in [7, 11) is 0. The van der Waals surface area contributed by atoms with E-state index in [-0.39, 0.29) is 0 Å². The summed E-state index contributed by atoms with van der Waals surface area (Å²) in [6.07, 6.45) is 6.09. The fraction of sp³-hybridized carbons (Fsp3) is 0.625. The number of fused-ring (bicyclic) bond motifs is 1. The average molecular weight is 259 g/mol. The lowest BCUT2D eigenvalue weighted by Crippen LogP contribution is -2.01. The summed E-state index contributed by atoms with van der Waals surface area (Å²) >= 11 is 0. The van der Waals surface area contributed by atoms with Crippen LogP contribution in [0.4, 0.5) is 0 Å². The lowest BCUT2D eigenvalue weighted by atomic mass is 10.0. The van der Waals surface area contributed by atoms with Gasteiger partial charge in [0.25, 0.3) is 0 Å². The van der Waals surface area contributed by atoms with Crippen LogP contribution in [0.1, 0.15) is 69.5 Å². The molecule has 0 amide bonds. The van der Waals surface area contributed by atoms with E-state index in [9.17, 15) is 0 Å². The Hall–Kier alpha value is -1.38. The van der Waals surface area contributed by atoms with E-state index in [1.54, 1.807) is 0 Å². The van der Waals surface area contributed by atoms with Gasteiger partial charge in [-0.1, -0.05) is 40.0 Å². The Bertz CT molecular complexity index is 542. The maximum absolute atomic E-state index is 4.76. The third-order valence-electron chi connectivity index (χ3n) is 3.76. The van der Waals surface area contributed by atoms with Crippen molar-refractivity contribution in [3.05, 3.63) is 29.2 Å². The molecule has 2 aromatic rings. The van der Waals surface area contributed by atoms with Crippen molar-refractivity contribution in [3.8, 4) is 0 Å². The number of nitrogens with zero attached hydrogens (tertiary/aromatic N) is 3. The molecule has 0 aliphatic carbocycles. The number of hydrogen-bond donors (Lipinski definition) is 0. The second kappa shape index (κ2) is 6.18. The standard InChI is InChI=1S/C16H25N3/c1-5-7-8-9-12(3)15-11-16-17-13(4)10-14(6-2)19(16)18-15/h10-12H,5-9H2,1-4H3. The van der Waals surface area contributed by atoms with E-state index in [1.165, 1.54) is 37.1 Å². The van der Waals surface area contributed by atoms with Crippen LogP contribution in [0.5, 0.6) is 0 Å². The zero-order chi connectivity index (χ0) is 13.8. The van der Waals surface area contributed by atoms with Gasteiger partial charge in [0.05, 0.1) is 5.69 Å². The van der Waals surface area contributed by atoms with Crippen molar-refractivity contribution in [2.24, 2.45) is 0 Å². The normalized spacial score (nSPS) is 13.1. The largest absolute Gasteiger partial charge is 0.234 e. The first-order valence-corrected chi connectivity index (χ1v) is 7.51. The maximum atomic E-state index is 4.76. The lowest BCUT2D eigenvalue weighted by Gasteiger charge is -2.07. The van der Waals surface area contributed by atoms with Crippen LogP contribution in [-0.4, -0.2) is 14.6 Å². The SMILES string of the molecule is CCCCCC(C)c1cc2nc(C)cc(CC)n2n1. The van der Waals surface area contributed by atoms with Crippen molar-refractivity contribution < 1.29 is 0 Å². The van der Waals surface area contributed by atoms with Gasteiger partial charge in [-0.2, -0.15) is 5.10 Å². The minimum Gasteiger partial charge on any atom is -0.234 e. The molecule has 1 unspecified atom stereocenters. The molecular formula is C16H25N3. The summed E-state index contributed by atoms with van der Waals surface area (Å²) in [5.74, 6) is 0.526. The Labute approximate surface area is 116 Å². The number of aromatic nitrogens is 3. The van der Waals surface area contributed by atoms with Gasteiger partial charge in [0, 0.05) is 23.4 Å². The molecule has 0 spiro atoms. The first-order chi connectivity index (χ1) is 9.15. The Morgan fingerprint density at radius 2 is 2.00 bits per heavy atom. The summed E-state index contributed by atoms with van der Waals surface area (Å²) in [5, 5.41) is 4.76. The van der Waals surface area contributed by atoms with Crippen LogP contribution < -0.4 is 0 Å². The molecule has 0 saturated heterocycles. The van der Waals surface area contributed by atoms with E-state index in [1.807, 2.05) is 4.52 Å². The van der Waals surface area contributed by atoms with Gasteiger partial charge in [0.2, 0.25) is 0 Å². The van der Waals surface area contributed by atoms with Gasteiger partial charge in [-0.15, -0.1) is 0 Å². The van der Waals surface area contributed by atoms with Crippen LogP contribution in [0.25, 0.3) is 5.65 Å². The molecule has 0 fully saturated rings. The zero-order valence-corrected chi connectivity index (χ0v) is 12.6. The van der Waals surface area contributed by atoms with Crippen molar-refractivity contribution >= 4 is 5.65 Å². The van der Waals surface area contributed by atoms with Gasteiger partial charge in [0.1, 0.15) is 0 Å². The fourth-order valence-corrected chi connectivity index (χ4v) is 2.54. The number of hydrogen-bond acceptors (Lipinski definition) is 2. The molecule has 3 heteroatoms. The van der Waals surface area contributed by atoms with E-state index in [0.29, 0.717) is 5.92 Å². The monoisotopic (exact) mass is 259 g/mol. The fourth-order valence-electron chi connectivity index (χ4n) is 2.54. The Morgan fingerprint density at radius 3 is 2.68 bits per heavy atom. The molecule has 104 valence electrons. The Kier molecular flexibility index (Phi) is 4.56. The smallest absolute Gasteiger partial charge is 0.155 e. The third kappa shape index (κ3) is 3.14. The molecule has 0 N–H and O–H groups in total.